The molecule has 1 fully saturated rings. The lowest BCUT2D eigenvalue weighted by Gasteiger charge is -2.30. The molecule has 0 N–H and O–H groups in total. The van der Waals surface area contributed by atoms with Crippen LogP contribution in [-0.2, 0) is 0 Å². The van der Waals surface area contributed by atoms with Crippen LogP contribution in [0.2, 0.25) is 0 Å². The minimum Gasteiger partial charge on any atom is -0.496 e. The predicted molar refractivity (Wildman–Crippen MR) is 87.2 cm³/mol. The van der Waals surface area contributed by atoms with Crippen molar-refractivity contribution in [2.45, 2.75) is 0 Å². The van der Waals surface area contributed by atoms with Crippen LogP contribution in [0, 0.1) is 0 Å². The maximum absolute atomic E-state index is 5.49. The third-order valence-electron chi connectivity index (χ3n) is 3.98. The van der Waals surface area contributed by atoms with Gasteiger partial charge in [0.1, 0.15) is 5.75 Å². The molecular formula is C17H21N3O. The molecule has 0 aliphatic carbocycles. The molecule has 4 nitrogen and oxygen atoms in total. The summed E-state index contributed by atoms with van der Waals surface area (Å²) in [6, 6.07) is 12.4. The van der Waals surface area contributed by atoms with Gasteiger partial charge in [-0.25, -0.2) is 0 Å². The van der Waals surface area contributed by atoms with Gasteiger partial charge in [-0.2, -0.15) is 5.10 Å². The van der Waals surface area contributed by atoms with Gasteiger partial charge in [0.2, 0.25) is 0 Å². The van der Waals surface area contributed by atoms with Crippen LogP contribution < -0.4 is 4.74 Å². The van der Waals surface area contributed by atoms with Gasteiger partial charge in [-0.05, 0) is 23.9 Å². The van der Waals surface area contributed by atoms with Crippen LogP contribution >= 0.6 is 0 Å². The largest absolute Gasteiger partial charge is 0.496 e. The quantitative estimate of drug-likeness (QED) is 0.810. The molecule has 0 bridgehead atoms. The SMILES string of the molecule is COc1ccc2ccccc2c1C=NN1CCN(C)CC1. The molecule has 0 amide bonds. The predicted octanol–water partition coefficient (Wildman–Crippen LogP) is 2.43. The lowest BCUT2D eigenvalue weighted by Crippen LogP contribution is -2.41. The fraction of sp³-hybridized carbons (Fsp3) is 0.353. The van der Waals surface area contributed by atoms with Gasteiger partial charge in [0.15, 0.2) is 0 Å². The van der Waals surface area contributed by atoms with E-state index in [4.69, 9.17) is 4.74 Å². The highest BCUT2D eigenvalue weighted by atomic mass is 16.5. The third-order valence-corrected chi connectivity index (χ3v) is 3.98. The van der Waals surface area contributed by atoms with E-state index < -0.39 is 0 Å². The Labute approximate surface area is 125 Å². The van der Waals surface area contributed by atoms with Crippen molar-refractivity contribution in [1.29, 1.82) is 0 Å². The summed E-state index contributed by atoms with van der Waals surface area (Å²) in [6.45, 7) is 4.06. The van der Waals surface area contributed by atoms with Crippen molar-refractivity contribution < 1.29 is 4.74 Å². The Kier molecular flexibility index (Phi) is 4.06. The fourth-order valence-electron chi connectivity index (χ4n) is 2.64. The molecule has 0 atom stereocenters. The molecule has 4 heteroatoms. The molecule has 0 aromatic heterocycles. The number of fused-ring (bicyclic) bond motifs is 1. The van der Waals surface area contributed by atoms with Crippen molar-refractivity contribution in [2.75, 3.05) is 40.3 Å². The fourth-order valence-corrected chi connectivity index (χ4v) is 2.64. The van der Waals surface area contributed by atoms with E-state index in [9.17, 15) is 0 Å². The summed E-state index contributed by atoms with van der Waals surface area (Å²) >= 11 is 0. The van der Waals surface area contributed by atoms with Crippen molar-refractivity contribution in [3.63, 3.8) is 0 Å². The van der Waals surface area contributed by atoms with Gasteiger partial charge in [-0.3, -0.25) is 5.01 Å². The Morgan fingerprint density at radius 3 is 2.57 bits per heavy atom. The van der Waals surface area contributed by atoms with Crippen LogP contribution in [0.1, 0.15) is 5.56 Å². The van der Waals surface area contributed by atoms with Gasteiger partial charge < -0.3 is 9.64 Å². The number of likely N-dealkylation sites (N-methyl/N-ethyl adjacent to an activating group) is 1. The molecule has 0 spiro atoms. The highest BCUT2D eigenvalue weighted by Crippen LogP contribution is 2.26. The Balaban J connectivity index is 1.91. The van der Waals surface area contributed by atoms with E-state index in [0.29, 0.717) is 0 Å². The zero-order chi connectivity index (χ0) is 14.7. The van der Waals surface area contributed by atoms with Gasteiger partial charge in [0.25, 0.3) is 0 Å². The van der Waals surface area contributed by atoms with Crippen molar-refractivity contribution in [3.05, 3.63) is 42.0 Å². The van der Waals surface area contributed by atoms with Crippen LogP contribution in [-0.4, -0.2) is 56.5 Å². The first-order valence-corrected chi connectivity index (χ1v) is 7.31. The summed E-state index contributed by atoms with van der Waals surface area (Å²) in [7, 11) is 3.85. The van der Waals surface area contributed by atoms with E-state index in [1.165, 1.54) is 10.8 Å². The summed E-state index contributed by atoms with van der Waals surface area (Å²) in [6.07, 6.45) is 1.94. The van der Waals surface area contributed by atoms with E-state index in [0.717, 1.165) is 37.5 Å². The third kappa shape index (κ3) is 3.00. The minimum absolute atomic E-state index is 0.867. The molecular weight excluding hydrogens is 262 g/mol. The Hall–Kier alpha value is -2.07. The molecule has 1 saturated heterocycles. The summed E-state index contributed by atoms with van der Waals surface area (Å²) in [5, 5.41) is 9.16. The van der Waals surface area contributed by atoms with E-state index >= 15 is 0 Å². The zero-order valence-electron chi connectivity index (χ0n) is 12.6. The molecule has 110 valence electrons. The first kappa shape index (κ1) is 13.9. The highest BCUT2D eigenvalue weighted by molar-refractivity contribution is 6.02. The lowest BCUT2D eigenvalue weighted by atomic mass is 10.0. The molecule has 0 unspecified atom stereocenters. The van der Waals surface area contributed by atoms with Crippen molar-refractivity contribution in [1.82, 2.24) is 9.91 Å². The number of ether oxygens (including phenoxy) is 1. The Morgan fingerprint density at radius 2 is 1.81 bits per heavy atom. The Bertz CT molecular complexity index is 646. The Morgan fingerprint density at radius 1 is 1.05 bits per heavy atom. The molecule has 2 aromatic carbocycles. The van der Waals surface area contributed by atoms with Crippen molar-refractivity contribution in [3.8, 4) is 5.75 Å². The molecule has 0 radical (unpaired) electrons. The normalized spacial score (nSPS) is 16.8. The van der Waals surface area contributed by atoms with Gasteiger partial charge in [-0.1, -0.05) is 30.3 Å². The first-order chi connectivity index (χ1) is 10.3. The number of nitrogens with zero attached hydrogens (tertiary/aromatic N) is 3. The van der Waals surface area contributed by atoms with E-state index in [1.807, 2.05) is 12.3 Å². The first-order valence-electron chi connectivity index (χ1n) is 7.31. The number of rotatable bonds is 3. The smallest absolute Gasteiger partial charge is 0.128 e. The summed E-state index contributed by atoms with van der Waals surface area (Å²) in [4.78, 5) is 2.32. The van der Waals surface area contributed by atoms with Crippen LogP contribution in [0.3, 0.4) is 0 Å². The number of hydrogen-bond donors (Lipinski definition) is 0. The lowest BCUT2D eigenvalue weighted by molar-refractivity contribution is 0.159. The maximum Gasteiger partial charge on any atom is 0.128 e. The summed E-state index contributed by atoms with van der Waals surface area (Å²) < 4.78 is 5.49. The topological polar surface area (TPSA) is 28.1 Å². The van der Waals surface area contributed by atoms with E-state index in [2.05, 4.69) is 52.4 Å². The average molecular weight is 283 g/mol. The standard InChI is InChI=1S/C17H21N3O/c1-19-9-11-20(12-10-19)18-13-16-15-6-4-3-5-14(15)7-8-17(16)21-2/h3-8,13H,9-12H2,1-2H3. The zero-order valence-corrected chi connectivity index (χ0v) is 12.6. The van der Waals surface area contributed by atoms with Crippen LogP contribution in [0.15, 0.2) is 41.5 Å². The monoisotopic (exact) mass is 283 g/mol. The highest BCUT2D eigenvalue weighted by Gasteiger charge is 2.12. The van der Waals surface area contributed by atoms with Gasteiger partial charge in [0.05, 0.1) is 13.3 Å². The van der Waals surface area contributed by atoms with Gasteiger partial charge >= 0.3 is 0 Å². The second-order valence-corrected chi connectivity index (χ2v) is 5.40. The molecule has 0 saturated carbocycles. The average Bonchev–Trinajstić information content (AvgIpc) is 2.54. The second kappa shape index (κ2) is 6.14. The van der Waals surface area contributed by atoms with Crippen LogP contribution in [0.4, 0.5) is 0 Å². The van der Waals surface area contributed by atoms with Crippen molar-refractivity contribution >= 4 is 17.0 Å². The molecule has 3 rings (SSSR count). The van der Waals surface area contributed by atoms with Crippen LogP contribution in [0.5, 0.6) is 5.75 Å². The molecule has 2 aromatic rings. The van der Waals surface area contributed by atoms with E-state index in [-0.39, 0.29) is 0 Å². The molecule has 21 heavy (non-hydrogen) atoms. The number of piperazine rings is 1. The molecule has 1 aliphatic rings. The molecule has 1 heterocycles. The minimum atomic E-state index is 0.867. The summed E-state index contributed by atoms with van der Waals surface area (Å²) in [5.41, 5.74) is 1.05. The number of methoxy groups -OCH3 is 1. The van der Waals surface area contributed by atoms with Crippen molar-refractivity contribution in [2.24, 2.45) is 5.10 Å². The van der Waals surface area contributed by atoms with Gasteiger partial charge in [0, 0.05) is 31.7 Å². The summed E-state index contributed by atoms with van der Waals surface area (Å²) in [5.74, 6) is 0.867. The molecule has 1 aliphatic heterocycles. The number of hydrazone groups is 1. The van der Waals surface area contributed by atoms with E-state index in [1.54, 1.807) is 7.11 Å². The number of benzene rings is 2. The second-order valence-electron chi connectivity index (χ2n) is 5.40. The number of hydrogen-bond acceptors (Lipinski definition) is 4. The van der Waals surface area contributed by atoms with Gasteiger partial charge in [-0.15, -0.1) is 0 Å². The van der Waals surface area contributed by atoms with Crippen LogP contribution in [0.25, 0.3) is 10.8 Å². The maximum atomic E-state index is 5.49.